The van der Waals surface area contributed by atoms with Gasteiger partial charge in [0.25, 0.3) is 0 Å². The van der Waals surface area contributed by atoms with Crippen molar-refractivity contribution in [2.24, 2.45) is 5.73 Å². The minimum absolute atomic E-state index is 0.171. The molecule has 4 rings (SSSR count). The zero-order valence-electron chi connectivity index (χ0n) is 12.0. The van der Waals surface area contributed by atoms with Crippen LogP contribution in [-0.4, -0.2) is 9.97 Å². The van der Waals surface area contributed by atoms with Gasteiger partial charge in [0.1, 0.15) is 5.01 Å². The molecule has 2 heterocycles. The number of fused-ring (bicyclic) bond motifs is 2. The molecule has 106 valence electrons. The Morgan fingerprint density at radius 2 is 2.10 bits per heavy atom. The van der Waals surface area contributed by atoms with Crippen LogP contribution in [0.15, 0.2) is 30.3 Å². The monoisotopic (exact) mass is 295 g/mol. The number of aromatic nitrogens is 2. The van der Waals surface area contributed by atoms with Crippen LogP contribution in [0.4, 0.5) is 0 Å². The maximum atomic E-state index is 6.21. The fourth-order valence-electron chi connectivity index (χ4n) is 2.94. The fourth-order valence-corrected chi connectivity index (χ4v) is 4.08. The predicted molar refractivity (Wildman–Crippen MR) is 87.5 cm³/mol. The number of hydrogen-bond acceptors (Lipinski definition) is 4. The number of thiazole rings is 1. The molecule has 0 saturated heterocycles. The van der Waals surface area contributed by atoms with E-state index in [0.717, 1.165) is 40.9 Å². The van der Waals surface area contributed by atoms with Crippen LogP contribution < -0.4 is 5.73 Å². The van der Waals surface area contributed by atoms with Gasteiger partial charge in [0.05, 0.1) is 11.2 Å². The standard InChI is InChI=1S/C17H17N3S/c1-10-5-6-11-9-12(7-8-14(11)19-10)17-20-15-4-2-3-13(18)16(15)21-17/h5-9,13H,2-4,18H2,1H3. The molecule has 1 aromatic carbocycles. The summed E-state index contributed by atoms with van der Waals surface area (Å²) in [4.78, 5) is 10.6. The summed E-state index contributed by atoms with van der Waals surface area (Å²) >= 11 is 1.75. The summed E-state index contributed by atoms with van der Waals surface area (Å²) in [5, 5.41) is 2.25. The first kappa shape index (κ1) is 12.9. The minimum atomic E-state index is 0.171. The SMILES string of the molecule is Cc1ccc2cc(-c3nc4c(s3)C(N)CCC4)ccc2n1. The van der Waals surface area contributed by atoms with E-state index in [1.807, 2.05) is 6.92 Å². The Balaban J connectivity index is 1.81. The molecule has 2 aromatic heterocycles. The quantitative estimate of drug-likeness (QED) is 0.738. The van der Waals surface area contributed by atoms with Crippen molar-refractivity contribution in [3.05, 3.63) is 46.6 Å². The molecule has 1 aliphatic rings. The number of aryl methyl sites for hydroxylation is 2. The van der Waals surface area contributed by atoms with Crippen LogP contribution in [0.1, 0.15) is 35.1 Å². The van der Waals surface area contributed by atoms with Crippen molar-refractivity contribution in [3.63, 3.8) is 0 Å². The lowest BCUT2D eigenvalue weighted by Crippen LogP contribution is -2.15. The van der Waals surface area contributed by atoms with Gasteiger partial charge in [-0.25, -0.2) is 4.98 Å². The molecule has 0 radical (unpaired) electrons. The van der Waals surface area contributed by atoms with Gasteiger partial charge in [-0.1, -0.05) is 6.07 Å². The topological polar surface area (TPSA) is 51.8 Å². The molecule has 3 nitrogen and oxygen atoms in total. The Kier molecular flexibility index (Phi) is 3.01. The van der Waals surface area contributed by atoms with E-state index in [9.17, 15) is 0 Å². The molecule has 0 amide bonds. The van der Waals surface area contributed by atoms with Crippen LogP contribution in [0.25, 0.3) is 21.5 Å². The molecule has 3 aromatic rings. The molecule has 0 saturated carbocycles. The van der Waals surface area contributed by atoms with Crippen LogP contribution >= 0.6 is 11.3 Å². The lowest BCUT2D eigenvalue weighted by molar-refractivity contribution is 0.573. The Labute approximate surface area is 127 Å². The first-order valence-electron chi connectivity index (χ1n) is 7.34. The smallest absolute Gasteiger partial charge is 0.123 e. The molecule has 0 aliphatic heterocycles. The predicted octanol–water partition coefficient (Wildman–Crippen LogP) is 4.00. The van der Waals surface area contributed by atoms with Gasteiger partial charge in [-0.3, -0.25) is 4.98 Å². The molecular weight excluding hydrogens is 278 g/mol. The Morgan fingerprint density at radius 3 is 2.95 bits per heavy atom. The Hall–Kier alpha value is -1.78. The molecule has 4 heteroatoms. The zero-order chi connectivity index (χ0) is 14.4. The highest BCUT2D eigenvalue weighted by molar-refractivity contribution is 7.15. The highest BCUT2D eigenvalue weighted by atomic mass is 32.1. The third-order valence-corrected chi connectivity index (χ3v) is 5.35. The van der Waals surface area contributed by atoms with Crippen LogP contribution in [0.5, 0.6) is 0 Å². The van der Waals surface area contributed by atoms with Crippen molar-refractivity contribution in [2.75, 3.05) is 0 Å². The summed E-state index contributed by atoms with van der Waals surface area (Å²) in [6.45, 7) is 2.02. The van der Waals surface area contributed by atoms with Crippen molar-refractivity contribution < 1.29 is 0 Å². The van der Waals surface area contributed by atoms with Crippen LogP contribution in [0.3, 0.4) is 0 Å². The van der Waals surface area contributed by atoms with E-state index in [4.69, 9.17) is 10.7 Å². The van der Waals surface area contributed by atoms with Crippen LogP contribution in [0.2, 0.25) is 0 Å². The summed E-state index contributed by atoms with van der Waals surface area (Å²) < 4.78 is 0. The average molecular weight is 295 g/mol. The molecule has 0 fully saturated rings. The molecule has 1 unspecified atom stereocenters. The van der Waals surface area contributed by atoms with Crippen LogP contribution in [-0.2, 0) is 6.42 Å². The summed E-state index contributed by atoms with van der Waals surface area (Å²) in [6, 6.07) is 10.7. The van der Waals surface area contributed by atoms with Crippen molar-refractivity contribution in [1.29, 1.82) is 0 Å². The average Bonchev–Trinajstić information content (AvgIpc) is 2.92. The Morgan fingerprint density at radius 1 is 1.19 bits per heavy atom. The first-order chi connectivity index (χ1) is 10.2. The van der Waals surface area contributed by atoms with Gasteiger partial charge in [0, 0.05) is 27.6 Å². The molecule has 1 aliphatic carbocycles. The second-order valence-corrected chi connectivity index (χ2v) is 6.72. The van der Waals surface area contributed by atoms with E-state index >= 15 is 0 Å². The summed E-state index contributed by atoms with van der Waals surface area (Å²) in [6.07, 6.45) is 3.29. The minimum Gasteiger partial charge on any atom is -0.323 e. The number of rotatable bonds is 1. The number of hydrogen-bond donors (Lipinski definition) is 1. The number of benzene rings is 1. The van der Waals surface area contributed by atoms with E-state index in [1.165, 1.54) is 16.1 Å². The highest BCUT2D eigenvalue weighted by Crippen LogP contribution is 2.37. The first-order valence-corrected chi connectivity index (χ1v) is 8.15. The maximum absolute atomic E-state index is 6.21. The fraction of sp³-hybridized carbons (Fsp3) is 0.294. The van der Waals surface area contributed by atoms with Gasteiger partial charge in [-0.15, -0.1) is 11.3 Å². The van der Waals surface area contributed by atoms with E-state index in [0.29, 0.717) is 0 Å². The maximum Gasteiger partial charge on any atom is 0.123 e. The van der Waals surface area contributed by atoms with E-state index in [-0.39, 0.29) is 6.04 Å². The van der Waals surface area contributed by atoms with Crippen molar-refractivity contribution in [2.45, 2.75) is 32.2 Å². The number of pyridine rings is 1. The van der Waals surface area contributed by atoms with Crippen LogP contribution in [0, 0.1) is 6.92 Å². The zero-order valence-corrected chi connectivity index (χ0v) is 12.8. The van der Waals surface area contributed by atoms with E-state index in [1.54, 1.807) is 11.3 Å². The second-order valence-electron chi connectivity index (χ2n) is 5.69. The third kappa shape index (κ3) is 2.24. The molecule has 1 atom stereocenters. The molecular formula is C17H17N3S. The lowest BCUT2D eigenvalue weighted by atomic mass is 9.99. The highest BCUT2D eigenvalue weighted by Gasteiger charge is 2.22. The lowest BCUT2D eigenvalue weighted by Gasteiger charge is -2.15. The molecule has 0 bridgehead atoms. The Bertz CT molecular complexity index is 822. The second kappa shape index (κ2) is 4.90. The van der Waals surface area contributed by atoms with Gasteiger partial charge >= 0.3 is 0 Å². The third-order valence-electron chi connectivity index (χ3n) is 4.07. The van der Waals surface area contributed by atoms with Crippen molar-refractivity contribution in [3.8, 4) is 10.6 Å². The van der Waals surface area contributed by atoms with Gasteiger partial charge in [0.15, 0.2) is 0 Å². The summed E-state index contributed by atoms with van der Waals surface area (Å²) in [5.41, 5.74) is 10.7. The van der Waals surface area contributed by atoms with Crippen molar-refractivity contribution >= 4 is 22.2 Å². The molecule has 2 N–H and O–H groups in total. The van der Waals surface area contributed by atoms with E-state index < -0.39 is 0 Å². The molecule has 0 spiro atoms. The number of nitrogens with zero attached hydrogens (tertiary/aromatic N) is 2. The van der Waals surface area contributed by atoms with Crippen molar-refractivity contribution in [1.82, 2.24) is 9.97 Å². The van der Waals surface area contributed by atoms with E-state index in [2.05, 4.69) is 35.3 Å². The largest absolute Gasteiger partial charge is 0.323 e. The van der Waals surface area contributed by atoms with Gasteiger partial charge in [0.2, 0.25) is 0 Å². The summed E-state index contributed by atoms with van der Waals surface area (Å²) in [5.74, 6) is 0. The number of nitrogens with two attached hydrogens (primary N) is 1. The van der Waals surface area contributed by atoms with Gasteiger partial charge in [-0.2, -0.15) is 0 Å². The summed E-state index contributed by atoms with van der Waals surface area (Å²) in [7, 11) is 0. The van der Waals surface area contributed by atoms with Gasteiger partial charge < -0.3 is 5.73 Å². The normalized spacial score (nSPS) is 17.9. The molecule has 21 heavy (non-hydrogen) atoms. The van der Waals surface area contributed by atoms with Gasteiger partial charge in [-0.05, 0) is 50.5 Å².